The molecule has 0 saturated heterocycles. The van der Waals surface area contributed by atoms with Gasteiger partial charge in [-0.2, -0.15) is 0 Å². The van der Waals surface area contributed by atoms with Crippen molar-refractivity contribution in [1.29, 1.82) is 0 Å². The van der Waals surface area contributed by atoms with Gasteiger partial charge in [0.05, 0.1) is 0 Å². The standard InChI is InChI=1S/C13H16N4O2S2/c1-9-16-12(8-17(9)2)21(18,19)15-7-10-4-3-5-11(6-10)13(14)20/h3-6,8,15H,7H2,1-2H3,(H2,14,20). The van der Waals surface area contributed by atoms with Gasteiger partial charge in [0.2, 0.25) is 0 Å². The zero-order valence-electron chi connectivity index (χ0n) is 11.7. The van der Waals surface area contributed by atoms with E-state index in [0.29, 0.717) is 11.4 Å². The lowest BCUT2D eigenvalue weighted by Gasteiger charge is -2.06. The lowest BCUT2D eigenvalue weighted by atomic mass is 10.1. The van der Waals surface area contributed by atoms with E-state index in [4.69, 9.17) is 18.0 Å². The molecule has 0 radical (unpaired) electrons. The van der Waals surface area contributed by atoms with Crippen LogP contribution in [0.4, 0.5) is 0 Å². The van der Waals surface area contributed by atoms with Gasteiger partial charge in [0.25, 0.3) is 10.0 Å². The second-order valence-electron chi connectivity index (χ2n) is 4.63. The van der Waals surface area contributed by atoms with Crippen molar-refractivity contribution in [2.24, 2.45) is 12.8 Å². The molecule has 3 N–H and O–H groups in total. The Labute approximate surface area is 129 Å². The van der Waals surface area contributed by atoms with E-state index in [-0.39, 0.29) is 16.6 Å². The van der Waals surface area contributed by atoms with Gasteiger partial charge in [-0.25, -0.2) is 18.1 Å². The molecule has 2 aromatic rings. The van der Waals surface area contributed by atoms with E-state index in [2.05, 4.69) is 9.71 Å². The third-order valence-corrected chi connectivity index (χ3v) is 4.55. The summed E-state index contributed by atoms with van der Waals surface area (Å²) in [6, 6.07) is 7.12. The molecule has 0 saturated carbocycles. The maximum atomic E-state index is 12.2. The van der Waals surface area contributed by atoms with Crippen LogP contribution in [0.2, 0.25) is 0 Å². The number of thiocarbonyl (C=S) groups is 1. The van der Waals surface area contributed by atoms with Gasteiger partial charge in [0.1, 0.15) is 10.8 Å². The van der Waals surface area contributed by atoms with Gasteiger partial charge in [-0.1, -0.05) is 30.4 Å². The Morgan fingerprint density at radius 1 is 1.48 bits per heavy atom. The van der Waals surface area contributed by atoms with E-state index in [1.165, 1.54) is 6.20 Å². The number of sulfonamides is 1. The Hall–Kier alpha value is -1.77. The highest BCUT2D eigenvalue weighted by Crippen LogP contribution is 2.10. The minimum Gasteiger partial charge on any atom is -0.389 e. The first-order valence-corrected chi connectivity index (χ1v) is 8.07. The zero-order valence-corrected chi connectivity index (χ0v) is 13.3. The number of aromatic nitrogens is 2. The Kier molecular flexibility index (Phi) is 4.40. The molecule has 0 aliphatic heterocycles. The molecule has 0 amide bonds. The second-order valence-corrected chi connectivity index (χ2v) is 6.78. The molecule has 0 atom stereocenters. The third-order valence-electron chi connectivity index (χ3n) is 3.04. The lowest BCUT2D eigenvalue weighted by Crippen LogP contribution is -2.23. The molecule has 1 aromatic heterocycles. The van der Waals surface area contributed by atoms with E-state index in [1.54, 1.807) is 42.8 Å². The van der Waals surface area contributed by atoms with Gasteiger partial charge in [0.15, 0.2) is 5.03 Å². The van der Waals surface area contributed by atoms with Crippen LogP contribution in [-0.2, 0) is 23.6 Å². The van der Waals surface area contributed by atoms with Crippen LogP contribution in [0, 0.1) is 6.92 Å². The summed E-state index contributed by atoms with van der Waals surface area (Å²) in [7, 11) is -1.90. The van der Waals surface area contributed by atoms with Gasteiger partial charge < -0.3 is 10.3 Å². The fourth-order valence-electron chi connectivity index (χ4n) is 1.74. The number of aryl methyl sites for hydroxylation is 2. The van der Waals surface area contributed by atoms with Crippen LogP contribution in [0.15, 0.2) is 35.5 Å². The topological polar surface area (TPSA) is 90.0 Å². The summed E-state index contributed by atoms with van der Waals surface area (Å²) < 4.78 is 28.5. The molecule has 6 nitrogen and oxygen atoms in total. The number of nitrogens with two attached hydrogens (primary N) is 1. The van der Waals surface area contributed by atoms with Crippen LogP contribution < -0.4 is 10.5 Å². The lowest BCUT2D eigenvalue weighted by molar-refractivity contribution is 0.578. The van der Waals surface area contributed by atoms with Crippen molar-refractivity contribution in [3.05, 3.63) is 47.4 Å². The van der Waals surface area contributed by atoms with E-state index in [1.807, 2.05) is 0 Å². The van der Waals surface area contributed by atoms with E-state index in [9.17, 15) is 8.42 Å². The number of benzene rings is 1. The highest BCUT2D eigenvalue weighted by Gasteiger charge is 2.18. The number of nitrogens with one attached hydrogen (secondary N) is 1. The van der Waals surface area contributed by atoms with Crippen LogP contribution in [0.1, 0.15) is 17.0 Å². The first kappa shape index (κ1) is 15.6. The molecule has 0 aliphatic carbocycles. The molecular formula is C13H16N4O2S2. The predicted octanol–water partition coefficient (Wildman–Crippen LogP) is 0.841. The maximum absolute atomic E-state index is 12.2. The van der Waals surface area contributed by atoms with Crippen molar-refractivity contribution < 1.29 is 8.42 Å². The summed E-state index contributed by atoms with van der Waals surface area (Å²) in [5.74, 6) is 0.630. The van der Waals surface area contributed by atoms with Gasteiger partial charge >= 0.3 is 0 Å². The molecule has 0 spiro atoms. The fourth-order valence-corrected chi connectivity index (χ4v) is 2.92. The largest absolute Gasteiger partial charge is 0.389 e. The Morgan fingerprint density at radius 3 is 2.76 bits per heavy atom. The smallest absolute Gasteiger partial charge is 0.259 e. The summed E-state index contributed by atoms with van der Waals surface area (Å²) >= 11 is 4.90. The number of hydrogen-bond acceptors (Lipinski definition) is 4. The van der Waals surface area contributed by atoms with Gasteiger partial charge in [-0.15, -0.1) is 0 Å². The predicted molar refractivity (Wildman–Crippen MR) is 84.3 cm³/mol. The van der Waals surface area contributed by atoms with Crippen molar-refractivity contribution in [3.63, 3.8) is 0 Å². The third kappa shape index (κ3) is 3.66. The number of hydrogen-bond donors (Lipinski definition) is 2. The first-order chi connectivity index (χ1) is 9.79. The molecule has 0 aliphatic rings. The van der Waals surface area contributed by atoms with Gasteiger partial charge in [-0.05, 0) is 18.6 Å². The molecule has 112 valence electrons. The average molecular weight is 324 g/mol. The average Bonchev–Trinajstić information content (AvgIpc) is 2.78. The maximum Gasteiger partial charge on any atom is 0.259 e. The molecule has 0 unspecified atom stereocenters. The fraction of sp³-hybridized carbons (Fsp3) is 0.231. The number of rotatable bonds is 5. The second kappa shape index (κ2) is 5.92. The highest BCUT2D eigenvalue weighted by atomic mass is 32.2. The van der Waals surface area contributed by atoms with E-state index in [0.717, 1.165) is 5.56 Å². The summed E-state index contributed by atoms with van der Waals surface area (Å²) in [4.78, 5) is 4.29. The van der Waals surface area contributed by atoms with Crippen LogP contribution in [0.25, 0.3) is 0 Å². The normalized spacial score (nSPS) is 11.5. The monoisotopic (exact) mass is 324 g/mol. The Balaban J connectivity index is 2.15. The van der Waals surface area contributed by atoms with Gasteiger partial charge in [-0.3, -0.25) is 0 Å². The molecular weight excluding hydrogens is 308 g/mol. The van der Waals surface area contributed by atoms with E-state index >= 15 is 0 Å². The zero-order chi connectivity index (χ0) is 15.6. The quantitative estimate of drug-likeness (QED) is 0.796. The molecule has 0 bridgehead atoms. The van der Waals surface area contributed by atoms with Gasteiger partial charge in [0, 0.05) is 25.4 Å². The summed E-state index contributed by atoms with van der Waals surface area (Å²) in [5.41, 5.74) is 7.03. The van der Waals surface area contributed by atoms with E-state index < -0.39 is 10.0 Å². The summed E-state index contributed by atoms with van der Waals surface area (Å²) in [6.07, 6.45) is 1.48. The number of imidazole rings is 1. The SMILES string of the molecule is Cc1nc(S(=O)(=O)NCc2cccc(C(N)=S)c2)cn1C. The minimum atomic E-state index is -3.64. The Morgan fingerprint density at radius 2 is 2.19 bits per heavy atom. The summed E-state index contributed by atoms with van der Waals surface area (Å²) in [5, 5.41) is 0.00741. The molecule has 1 heterocycles. The first-order valence-electron chi connectivity index (χ1n) is 6.18. The molecule has 8 heteroatoms. The van der Waals surface area contributed by atoms with Crippen LogP contribution in [0.3, 0.4) is 0 Å². The highest BCUT2D eigenvalue weighted by molar-refractivity contribution is 7.89. The number of nitrogens with zero attached hydrogens (tertiary/aromatic N) is 2. The Bertz CT molecular complexity index is 762. The van der Waals surface area contributed by atoms with Crippen LogP contribution in [-0.4, -0.2) is 23.0 Å². The van der Waals surface area contributed by atoms with Crippen LogP contribution in [0.5, 0.6) is 0 Å². The summed E-state index contributed by atoms with van der Waals surface area (Å²) in [6.45, 7) is 1.89. The van der Waals surface area contributed by atoms with Crippen molar-refractivity contribution in [1.82, 2.24) is 14.3 Å². The minimum absolute atomic E-state index is 0.00741. The molecule has 2 rings (SSSR count). The molecule has 0 fully saturated rings. The van der Waals surface area contributed by atoms with Crippen molar-refractivity contribution >= 4 is 27.2 Å². The van der Waals surface area contributed by atoms with Crippen molar-refractivity contribution in [2.45, 2.75) is 18.5 Å². The molecule has 21 heavy (non-hydrogen) atoms. The van der Waals surface area contributed by atoms with Crippen molar-refractivity contribution in [2.75, 3.05) is 0 Å². The van der Waals surface area contributed by atoms with Crippen LogP contribution >= 0.6 is 12.2 Å². The molecule has 1 aromatic carbocycles. The van der Waals surface area contributed by atoms with Crippen molar-refractivity contribution in [3.8, 4) is 0 Å².